The molecule has 0 saturated carbocycles. The summed E-state index contributed by atoms with van der Waals surface area (Å²) in [7, 11) is 1.66. The van der Waals surface area contributed by atoms with Crippen molar-refractivity contribution in [1.29, 1.82) is 0 Å². The summed E-state index contributed by atoms with van der Waals surface area (Å²) < 4.78 is 7.34. The van der Waals surface area contributed by atoms with E-state index >= 15 is 0 Å². The van der Waals surface area contributed by atoms with Gasteiger partial charge >= 0.3 is 0 Å². The van der Waals surface area contributed by atoms with E-state index in [0.717, 1.165) is 29.2 Å². The first-order valence-corrected chi connectivity index (χ1v) is 5.44. The van der Waals surface area contributed by atoms with Gasteiger partial charge in [-0.15, -0.1) is 0 Å². The van der Waals surface area contributed by atoms with Crippen molar-refractivity contribution in [2.75, 3.05) is 7.11 Å². The standard InChI is InChI=1S/C13H16N2O/c1-4-11-9-12(15-7-5-6-8-15)10(2)14-13(11)16-3/h5-9H,4H2,1-3H3. The van der Waals surface area contributed by atoms with Crippen LogP contribution in [0.1, 0.15) is 18.2 Å². The van der Waals surface area contributed by atoms with Crippen molar-refractivity contribution in [2.45, 2.75) is 20.3 Å². The van der Waals surface area contributed by atoms with Crippen molar-refractivity contribution in [3.63, 3.8) is 0 Å². The van der Waals surface area contributed by atoms with Crippen molar-refractivity contribution in [3.8, 4) is 11.6 Å². The molecule has 0 unspecified atom stereocenters. The molecular weight excluding hydrogens is 200 g/mol. The van der Waals surface area contributed by atoms with Gasteiger partial charge in [0.2, 0.25) is 5.88 Å². The molecule has 0 bridgehead atoms. The Bertz CT molecular complexity index is 475. The van der Waals surface area contributed by atoms with Crippen molar-refractivity contribution in [1.82, 2.24) is 9.55 Å². The first-order chi connectivity index (χ1) is 7.76. The van der Waals surface area contributed by atoms with Gasteiger partial charge in [-0.05, 0) is 31.5 Å². The highest BCUT2D eigenvalue weighted by molar-refractivity contribution is 5.44. The molecule has 0 N–H and O–H groups in total. The van der Waals surface area contributed by atoms with E-state index in [9.17, 15) is 0 Å². The Labute approximate surface area is 95.7 Å². The molecule has 0 saturated heterocycles. The van der Waals surface area contributed by atoms with E-state index in [1.807, 2.05) is 31.5 Å². The van der Waals surface area contributed by atoms with Crippen molar-refractivity contribution >= 4 is 0 Å². The Morgan fingerprint density at radius 2 is 2.00 bits per heavy atom. The summed E-state index contributed by atoms with van der Waals surface area (Å²) >= 11 is 0. The van der Waals surface area contributed by atoms with Gasteiger partial charge < -0.3 is 9.30 Å². The van der Waals surface area contributed by atoms with Crippen LogP contribution in [0.4, 0.5) is 0 Å². The van der Waals surface area contributed by atoms with Gasteiger partial charge in [0.25, 0.3) is 0 Å². The third kappa shape index (κ3) is 1.81. The normalized spacial score (nSPS) is 10.4. The fraction of sp³-hybridized carbons (Fsp3) is 0.308. The Hall–Kier alpha value is -1.77. The fourth-order valence-electron chi connectivity index (χ4n) is 1.80. The minimum atomic E-state index is 0.732. The molecule has 2 aromatic heterocycles. The number of aryl methyl sites for hydroxylation is 2. The molecule has 0 fully saturated rings. The molecule has 0 atom stereocenters. The molecule has 16 heavy (non-hydrogen) atoms. The number of hydrogen-bond acceptors (Lipinski definition) is 2. The number of nitrogens with zero attached hydrogens (tertiary/aromatic N) is 2. The molecule has 84 valence electrons. The summed E-state index contributed by atoms with van der Waals surface area (Å²) in [6.07, 6.45) is 4.97. The van der Waals surface area contributed by atoms with Crippen LogP contribution in [0, 0.1) is 6.92 Å². The van der Waals surface area contributed by atoms with Crippen LogP contribution in [0.3, 0.4) is 0 Å². The molecule has 2 rings (SSSR count). The number of rotatable bonds is 3. The largest absolute Gasteiger partial charge is 0.481 e. The molecular formula is C13H16N2O. The van der Waals surface area contributed by atoms with Gasteiger partial charge in [-0.2, -0.15) is 0 Å². The first kappa shape index (κ1) is 10.7. The van der Waals surface area contributed by atoms with Crippen LogP contribution in [0.25, 0.3) is 5.69 Å². The summed E-state index contributed by atoms with van der Waals surface area (Å²) in [4.78, 5) is 4.48. The fourth-order valence-corrected chi connectivity index (χ4v) is 1.80. The van der Waals surface area contributed by atoms with Crippen LogP contribution in [0.5, 0.6) is 5.88 Å². The average Bonchev–Trinajstić information content (AvgIpc) is 2.82. The SMILES string of the molecule is CCc1cc(-n2cccc2)c(C)nc1OC. The maximum atomic E-state index is 5.27. The molecule has 0 amide bonds. The minimum absolute atomic E-state index is 0.732. The summed E-state index contributed by atoms with van der Waals surface area (Å²) in [5.41, 5.74) is 3.23. The van der Waals surface area contributed by atoms with Gasteiger partial charge in [-0.3, -0.25) is 0 Å². The molecule has 0 radical (unpaired) electrons. The number of methoxy groups -OCH3 is 1. The van der Waals surface area contributed by atoms with Gasteiger partial charge in [0.05, 0.1) is 18.5 Å². The quantitative estimate of drug-likeness (QED) is 0.788. The van der Waals surface area contributed by atoms with Crippen LogP contribution in [0.2, 0.25) is 0 Å². The number of hydrogen-bond donors (Lipinski definition) is 0. The zero-order chi connectivity index (χ0) is 11.5. The average molecular weight is 216 g/mol. The molecule has 0 aromatic carbocycles. The lowest BCUT2D eigenvalue weighted by Gasteiger charge is -2.12. The van der Waals surface area contributed by atoms with Crippen LogP contribution in [-0.2, 0) is 6.42 Å². The third-order valence-electron chi connectivity index (χ3n) is 2.68. The van der Waals surface area contributed by atoms with Gasteiger partial charge in [-0.1, -0.05) is 6.92 Å². The predicted molar refractivity (Wildman–Crippen MR) is 64.2 cm³/mol. The summed E-state index contributed by atoms with van der Waals surface area (Å²) in [5, 5.41) is 0. The maximum Gasteiger partial charge on any atom is 0.216 e. The van der Waals surface area contributed by atoms with Crippen LogP contribution in [-0.4, -0.2) is 16.7 Å². The lowest BCUT2D eigenvalue weighted by atomic mass is 10.1. The van der Waals surface area contributed by atoms with E-state index in [1.165, 1.54) is 0 Å². The highest BCUT2D eigenvalue weighted by Gasteiger charge is 2.08. The van der Waals surface area contributed by atoms with Gasteiger partial charge in [0, 0.05) is 18.0 Å². The van der Waals surface area contributed by atoms with Crippen molar-refractivity contribution in [3.05, 3.63) is 41.9 Å². The summed E-state index contributed by atoms with van der Waals surface area (Å²) in [5.74, 6) is 0.732. The highest BCUT2D eigenvalue weighted by atomic mass is 16.5. The van der Waals surface area contributed by atoms with Gasteiger partial charge in [0.1, 0.15) is 0 Å². The number of ether oxygens (including phenoxy) is 1. The molecule has 0 aliphatic heterocycles. The summed E-state index contributed by atoms with van der Waals surface area (Å²) in [6, 6.07) is 6.16. The predicted octanol–water partition coefficient (Wildman–Crippen LogP) is 2.75. The molecule has 0 spiro atoms. The van der Waals surface area contributed by atoms with E-state index < -0.39 is 0 Å². The van der Waals surface area contributed by atoms with Crippen molar-refractivity contribution < 1.29 is 4.74 Å². The Kier molecular flexibility index (Phi) is 2.95. The highest BCUT2D eigenvalue weighted by Crippen LogP contribution is 2.22. The van der Waals surface area contributed by atoms with E-state index in [2.05, 4.69) is 22.5 Å². The van der Waals surface area contributed by atoms with E-state index in [0.29, 0.717) is 0 Å². The second-order valence-corrected chi connectivity index (χ2v) is 3.71. The smallest absolute Gasteiger partial charge is 0.216 e. The van der Waals surface area contributed by atoms with E-state index in [-0.39, 0.29) is 0 Å². The topological polar surface area (TPSA) is 27.1 Å². The van der Waals surface area contributed by atoms with Crippen LogP contribution >= 0.6 is 0 Å². The minimum Gasteiger partial charge on any atom is -0.481 e. The molecule has 3 heteroatoms. The molecule has 2 heterocycles. The van der Waals surface area contributed by atoms with Crippen LogP contribution < -0.4 is 4.74 Å². The van der Waals surface area contributed by atoms with Crippen molar-refractivity contribution in [2.24, 2.45) is 0 Å². The van der Waals surface area contributed by atoms with E-state index in [1.54, 1.807) is 7.11 Å². The molecule has 3 nitrogen and oxygen atoms in total. The summed E-state index contributed by atoms with van der Waals surface area (Å²) in [6.45, 7) is 4.10. The molecule has 0 aliphatic rings. The monoisotopic (exact) mass is 216 g/mol. The lowest BCUT2D eigenvalue weighted by Crippen LogP contribution is -2.02. The third-order valence-corrected chi connectivity index (χ3v) is 2.68. The first-order valence-electron chi connectivity index (χ1n) is 5.44. The Balaban J connectivity index is 2.55. The Morgan fingerprint density at radius 3 is 2.56 bits per heavy atom. The second-order valence-electron chi connectivity index (χ2n) is 3.71. The zero-order valence-corrected chi connectivity index (χ0v) is 9.90. The van der Waals surface area contributed by atoms with Crippen LogP contribution in [0.15, 0.2) is 30.6 Å². The molecule has 2 aromatic rings. The Morgan fingerprint density at radius 1 is 1.31 bits per heavy atom. The molecule has 0 aliphatic carbocycles. The van der Waals surface area contributed by atoms with E-state index in [4.69, 9.17) is 4.74 Å². The number of aromatic nitrogens is 2. The zero-order valence-electron chi connectivity index (χ0n) is 9.90. The maximum absolute atomic E-state index is 5.27. The van der Waals surface area contributed by atoms with Gasteiger partial charge in [0.15, 0.2) is 0 Å². The second kappa shape index (κ2) is 4.39. The van der Waals surface area contributed by atoms with Gasteiger partial charge in [-0.25, -0.2) is 4.98 Å². The lowest BCUT2D eigenvalue weighted by molar-refractivity contribution is 0.392. The number of pyridine rings is 1.